The van der Waals surface area contributed by atoms with Gasteiger partial charge in [0.25, 0.3) is 0 Å². The molecule has 3 rings (SSSR count). The summed E-state index contributed by atoms with van der Waals surface area (Å²) in [5.74, 6) is 1.22. The molecule has 0 saturated carbocycles. The Balaban J connectivity index is 2.40. The third kappa shape index (κ3) is 2.02. The molecular weight excluding hydrogens is 326 g/mol. The van der Waals surface area contributed by atoms with Crippen molar-refractivity contribution in [1.82, 2.24) is 0 Å². The number of hydrogen-bond donors (Lipinski definition) is 3. The molecule has 118 valence electrons. The van der Waals surface area contributed by atoms with Gasteiger partial charge in [-0.1, -0.05) is 24.3 Å². The van der Waals surface area contributed by atoms with Gasteiger partial charge in [0.15, 0.2) is 22.2 Å². The zero-order valence-electron chi connectivity index (χ0n) is 11.3. The number of fused-ring (bicyclic) bond motifs is 2. The van der Waals surface area contributed by atoms with Crippen LogP contribution in [0, 0.1) is 0 Å². The van der Waals surface area contributed by atoms with Crippen LogP contribution in [0.1, 0.15) is 31.8 Å². The highest BCUT2D eigenvalue weighted by Crippen LogP contribution is 2.41. The van der Waals surface area contributed by atoms with E-state index >= 15 is 0 Å². The first-order valence-corrected chi connectivity index (χ1v) is 7.61. The molecule has 9 heteroatoms. The average molecular weight is 335 g/mol. The predicted molar refractivity (Wildman–Crippen MR) is 75.5 cm³/mol. The molecule has 23 heavy (non-hydrogen) atoms. The number of ketones is 2. The molecule has 2 aromatic rings. The monoisotopic (exact) mass is 335 g/mol. The molecule has 0 amide bonds. The van der Waals surface area contributed by atoms with Gasteiger partial charge in [-0.2, -0.15) is 18.6 Å². The molecule has 2 aromatic carbocycles. The number of rotatable bonds is 2. The quantitative estimate of drug-likeness (QED) is 0.573. The number of phenolic OH excluding ortho intramolecular Hbond substituents is 2. The van der Waals surface area contributed by atoms with Gasteiger partial charge in [-0.05, 0) is 6.07 Å². The summed E-state index contributed by atoms with van der Waals surface area (Å²) >= 11 is 0. The van der Waals surface area contributed by atoms with Gasteiger partial charge in [0.2, 0.25) is 0 Å². The number of phenols is 2. The third-order valence-corrected chi connectivity index (χ3v) is 4.66. The Morgan fingerprint density at radius 1 is 0.957 bits per heavy atom. The summed E-state index contributed by atoms with van der Waals surface area (Å²) in [5.41, 5.74) is -0.723. The molecule has 0 heterocycles. The fraction of sp³-hybridized carbons (Fsp3) is 0. The summed E-state index contributed by atoms with van der Waals surface area (Å²) < 4.78 is 27.2. The number of carbonyl (C=O) groups excluding carboxylic acids is 2. The largest absolute Gasteiger partial charge is 0.506 e. The smallest absolute Gasteiger partial charge is 0.320 e. The van der Waals surface area contributed by atoms with E-state index in [2.05, 4.69) is 10.2 Å². The Morgan fingerprint density at radius 3 is 2.09 bits per heavy atom. The van der Waals surface area contributed by atoms with Crippen LogP contribution in [-0.4, -0.2) is 30.2 Å². The van der Waals surface area contributed by atoms with Gasteiger partial charge in [-0.15, -0.1) is 0 Å². The lowest BCUT2D eigenvalue weighted by molar-refractivity contribution is 0.0975. The molecular formula is C14H9NO7S. The van der Waals surface area contributed by atoms with Crippen LogP contribution in [0.5, 0.6) is 11.5 Å². The van der Waals surface area contributed by atoms with Crippen LogP contribution in [0.3, 0.4) is 0 Å². The van der Waals surface area contributed by atoms with Crippen molar-refractivity contribution in [2.45, 2.75) is 4.90 Å². The van der Waals surface area contributed by atoms with Gasteiger partial charge in [-0.3, -0.25) is 9.59 Å². The third-order valence-electron chi connectivity index (χ3n) is 3.50. The molecule has 0 aliphatic heterocycles. The lowest BCUT2D eigenvalue weighted by atomic mass is 9.83. The minimum Gasteiger partial charge on any atom is -0.506 e. The number of nitrogens with two attached hydrogens (primary N) is 1. The summed E-state index contributed by atoms with van der Waals surface area (Å²) in [6.45, 7) is 0. The summed E-state index contributed by atoms with van der Waals surface area (Å²) in [5, 5.41) is 20.0. The molecule has 1 aliphatic carbocycles. The van der Waals surface area contributed by atoms with Gasteiger partial charge in [0.05, 0.1) is 5.56 Å². The van der Waals surface area contributed by atoms with E-state index in [1.54, 1.807) is 6.07 Å². The Hall–Kier alpha value is -2.75. The van der Waals surface area contributed by atoms with Crippen molar-refractivity contribution in [2.24, 2.45) is 5.90 Å². The first-order chi connectivity index (χ1) is 10.8. The molecule has 0 fully saturated rings. The molecule has 0 aromatic heterocycles. The first-order valence-electron chi connectivity index (χ1n) is 6.20. The van der Waals surface area contributed by atoms with E-state index < -0.39 is 43.6 Å². The fourth-order valence-corrected chi connectivity index (χ4v) is 3.25. The van der Waals surface area contributed by atoms with Crippen LogP contribution in [0.2, 0.25) is 0 Å². The van der Waals surface area contributed by atoms with Crippen molar-refractivity contribution in [3.63, 3.8) is 0 Å². The number of benzene rings is 2. The Morgan fingerprint density at radius 2 is 1.52 bits per heavy atom. The standard InChI is InChI=1S/C14H9NO7S/c15-22-23(20,21)14-9(16)5-8-10(13(14)19)12(18)7-4-2-1-3-6(7)11(8)17/h1-5,16,19H,15H2. The molecule has 8 nitrogen and oxygen atoms in total. The summed E-state index contributed by atoms with van der Waals surface area (Å²) in [6, 6.07) is 6.65. The van der Waals surface area contributed by atoms with Gasteiger partial charge < -0.3 is 10.2 Å². The van der Waals surface area contributed by atoms with Crippen LogP contribution in [0.4, 0.5) is 0 Å². The second-order valence-corrected chi connectivity index (χ2v) is 6.26. The van der Waals surface area contributed by atoms with Crippen molar-refractivity contribution in [3.05, 3.63) is 52.6 Å². The Kier molecular flexibility index (Phi) is 3.22. The zero-order chi connectivity index (χ0) is 16.9. The number of hydrogen-bond acceptors (Lipinski definition) is 8. The normalized spacial score (nSPS) is 13.6. The van der Waals surface area contributed by atoms with E-state index in [-0.39, 0.29) is 16.7 Å². The topological polar surface area (TPSA) is 144 Å². The molecule has 0 bridgehead atoms. The van der Waals surface area contributed by atoms with E-state index in [9.17, 15) is 28.2 Å². The molecule has 0 atom stereocenters. The zero-order valence-corrected chi connectivity index (χ0v) is 12.1. The Bertz CT molecular complexity index is 979. The van der Waals surface area contributed by atoms with Crippen LogP contribution < -0.4 is 5.90 Å². The predicted octanol–water partition coefficient (Wildman–Crippen LogP) is 0.452. The SMILES string of the molecule is NOS(=O)(=O)c1c(O)cc2c(c1O)C(=O)c1ccccc1C2=O. The molecule has 0 unspecified atom stereocenters. The minimum absolute atomic E-state index is 0.0167. The molecule has 1 aliphatic rings. The maximum atomic E-state index is 12.5. The molecule has 0 saturated heterocycles. The second-order valence-electron chi connectivity index (χ2n) is 4.75. The van der Waals surface area contributed by atoms with Gasteiger partial charge in [0.1, 0.15) is 5.75 Å². The molecule has 0 spiro atoms. The van der Waals surface area contributed by atoms with E-state index in [1.165, 1.54) is 18.2 Å². The van der Waals surface area contributed by atoms with Crippen LogP contribution in [0.25, 0.3) is 0 Å². The van der Waals surface area contributed by atoms with Crippen molar-refractivity contribution in [1.29, 1.82) is 0 Å². The van der Waals surface area contributed by atoms with Crippen LogP contribution in [-0.2, 0) is 14.4 Å². The van der Waals surface area contributed by atoms with E-state index in [0.29, 0.717) is 0 Å². The van der Waals surface area contributed by atoms with Gasteiger partial charge >= 0.3 is 10.1 Å². The summed E-state index contributed by atoms with van der Waals surface area (Å²) in [7, 11) is -4.70. The maximum absolute atomic E-state index is 12.5. The van der Waals surface area contributed by atoms with E-state index in [4.69, 9.17) is 0 Å². The first kappa shape index (κ1) is 15.2. The highest BCUT2D eigenvalue weighted by Gasteiger charge is 2.37. The molecule has 4 N–H and O–H groups in total. The van der Waals surface area contributed by atoms with E-state index in [1.807, 2.05) is 0 Å². The summed E-state index contributed by atoms with van der Waals surface area (Å²) in [4.78, 5) is 23.8. The van der Waals surface area contributed by atoms with Crippen molar-refractivity contribution in [3.8, 4) is 11.5 Å². The van der Waals surface area contributed by atoms with Crippen molar-refractivity contribution < 1.29 is 32.5 Å². The summed E-state index contributed by atoms with van der Waals surface area (Å²) in [6.07, 6.45) is 0. The minimum atomic E-state index is -4.70. The van der Waals surface area contributed by atoms with Crippen molar-refractivity contribution >= 4 is 21.7 Å². The molecule has 0 radical (unpaired) electrons. The van der Waals surface area contributed by atoms with Gasteiger partial charge in [0, 0.05) is 16.7 Å². The van der Waals surface area contributed by atoms with Crippen LogP contribution >= 0.6 is 0 Å². The Labute approximate surface area is 129 Å². The lowest BCUT2D eigenvalue weighted by Crippen LogP contribution is -2.22. The van der Waals surface area contributed by atoms with Crippen LogP contribution in [0.15, 0.2) is 35.2 Å². The van der Waals surface area contributed by atoms with E-state index in [0.717, 1.165) is 6.07 Å². The highest BCUT2D eigenvalue weighted by atomic mass is 32.2. The van der Waals surface area contributed by atoms with Gasteiger partial charge in [-0.25, -0.2) is 0 Å². The number of aromatic hydroxyl groups is 2. The maximum Gasteiger partial charge on any atom is 0.320 e. The second kappa shape index (κ2) is 4.88. The lowest BCUT2D eigenvalue weighted by Gasteiger charge is -2.20. The number of carbonyl (C=O) groups is 2. The fourth-order valence-electron chi connectivity index (χ4n) is 2.50. The highest BCUT2D eigenvalue weighted by molar-refractivity contribution is 7.87. The average Bonchev–Trinajstić information content (AvgIpc) is 2.52. The van der Waals surface area contributed by atoms with Crippen molar-refractivity contribution in [2.75, 3.05) is 0 Å².